The van der Waals surface area contributed by atoms with Crippen LogP contribution in [-0.4, -0.2) is 49.1 Å². The first-order valence-corrected chi connectivity index (χ1v) is 6.47. The van der Waals surface area contributed by atoms with Gasteiger partial charge in [-0.2, -0.15) is 0 Å². The van der Waals surface area contributed by atoms with E-state index in [1.54, 1.807) is 0 Å². The summed E-state index contributed by atoms with van der Waals surface area (Å²) in [6.07, 6.45) is 0. The fourth-order valence-corrected chi connectivity index (χ4v) is 1.55. The van der Waals surface area contributed by atoms with E-state index in [4.69, 9.17) is 0 Å². The molecule has 0 aromatic heterocycles. The van der Waals surface area contributed by atoms with Crippen LogP contribution in [0.25, 0.3) is 0 Å². The van der Waals surface area contributed by atoms with Crippen molar-refractivity contribution in [3.63, 3.8) is 0 Å². The van der Waals surface area contributed by atoms with Gasteiger partial charge >= 0.3 is 5.97 Å². The lowest BCUT2D eigenvalue weighted by Crippen LogP contribution is -2.44. The molecular weight excluding hydrogens is 274 g/mol. The number of nitrogens with one attached hydrogen (secondary N) is 1. The third kappa shape index (κ3) is 4.16. The SMILES string of the molecule is COC(=O)c1ccc([N+](=O)[O-])c(NCC(C)(C)N(C)C)c1. The van der Waals surface area contributed by atoms with E-state index in [9.17, 15) is 14.9 Å². The molecule has 1 aromatic carbocycles. The Labute approximate surface area is 124 Å². The van der Waals surface area contributed by atoms with E-state index in [0.29, 0.717) is 12.2 Å². The maximum absolute atomic E-state index is 11.5. The standard InChI is InChI=1S/C14H21N3O4/c1-14(2,16(3)4)9-15-11-8-10(13(18)21-5)6-7-12(11)17(19)20/h6-8,15H,9H2,1-5H3. The third-order valence-electron chi connectivity index (χ3n) is 3.54. The molecular formula is C14H21N3O4. The van der Waals surface area contributed by atoms with Crippen LogP contribution in [0.5, 0.6) is 0 Å². The summed E-state index contributed by atoms with van der Waals surface area (Å²) in [5.41, 5.74) is 0.304. The van der Waals surface area contributed by atoms with Gasteiger partial charge in [0.2, 0.25) is 0 Å². The first-order valence-electron chi connectivity index (χ1n) is 6.47. The fraction of sp³-hybridized carbons (Fsp3) is 0.500. The summed E-state index contributed by atoms with van der Waals surface area (Å²) in [5, 5.41) is 14.1. The molecule has 0 spiro atoms. The summed E-state index contributed by atoms with van der Waals surface area (Å²) in [6, 6.07) is 4.12. The summed E-state index contributed by atoms with van der Waals surface area (Å²) < 4.78 is 4.63. The molecule has 7 nitrogen and oxygen atoms in total. The maximum atomic E-state index is 11.5. The smallest absolute Gasteiger partial charge is 0.337 e. The lowest BCUT2D eigenvalue weighted by Gasteiger charge is -2.33. The van der Waals surface area contributed by atoms with E-state index < -0.39 is 10.9 Å². The lowest BCUT2D eigenvalue weighted by molar-refractivity contribution is -0.384. The number of carbonyl (C=O) groups excluding carboxylic acids is 1. The fourth-order valence-electron chi connectivity index (χ4n) is 1.55. The van der Waals surface area contributed by atoms with Crippen LogP contribution in [0.15, 0.2) is 18.2 Å². The molecule has 0 amide bonds. The van der Waals surface area contributed by atoms with E-state index >= 15 is 0 Å². The highest BCUT2D eigenvalue weighted by Gasteiger charge is 2.23. The van der Waals surface area contributed by atoms with Crippen LogP contribution in [0.4, 0.5) is 11.4 Å². The molecule has 0 fully saturated rings. The molecule has 0 heterocycles. The quantitative estimate of drug-likeness (QED) is 0.491. The highest BCUT2D eigenvalue weighted by molar-refractivity contribution is 5.91. The second-order valence-electron chi connectivity index (χ2n) is 5.54. The van der Waals surface area contributed by atoms with Gasteiger partial charge in [0.25, 0.3) is 5.69 Å². The zero-order valence-electron chi connectivity index (χ0n) is 13.0. The molecule has 0 bridgehead atoms. The van der Waals surface area contributed by atoms with E-state index in [1.165, 1.54) is 25.3 Å². The number of nitro benzene ring substituents is 1. The molecule has 0 aliphatic carbocycles. The highest BCUT2D eigenvalue weighted by Crippen LogP contribution is 2.26. The number of rotatable bonds is 6. The van der Waals surface area contributed by atoms with Crippen LogP contribution in [-0.2, 0) is 4.74 Å². The van der Waals surface area contributed by atoms with Gasteiger partial charge in [0, 0.05) is 18.2 Å². The number of nitro groups is 1. The van der Waals surface area contributed by atoms with Gasteiger partial charge in [-0.25, -0.2) is 4.79 Å². The number of hydrogen-bond donors (Lipinski definition) is 1. The Balaban J connectivity index is 3.07. The molecule has 1 rings (SSSR count). The molecule has 0 unspecified atom stereocenters. The van der Waals surface area contributed by atoms with Gasteiger partial charge in [0.1, 0.15) is 5.69 Å². The van der Waals surface area contributed by atoms with Crippen LogP contribution in [0.3, 0.4) is 0 Å². The second-order valence-corrected chi connectivity index (χ2v) is 5.54. The predicted octanol–water partition coefficient (Wildman–Crippen LogP) is 2.13. The van der Waals surface area contributed by atoms with Crippen LogP contribution < -0.4 is 5.32 Å². The molecule has 1 N–H and O–H groups in total. The summed E-state index contributed by atoms with van der Waals surface area (Å²) in [7, 11) is 5.13. The minimum atomic E-state index is -0.528. The van der Waals surface area contributed by atoms with Gasteiger partial charge in [-0.05, 0) is 40.1 Å². The summed E-state index contributed by atoms with van der Waals surface area (Å²) in [6.45, 7) is 4.51. The number of nitrogens with zero attached hydrogens (tertiary/aromatic N) is 2. The average molecular weight is 295 g/mol. The van der Waals surface area contributed by atoms with Gasteiger partial charge in [-0.15, -0.1) is 0 Å². The van der Waals surface area contributed by atoms with Crippen molar-refractivity contribution in [2.45, 2.75) is 19.4 Å². The van der Waals surface area contributed by atoms with E-state index in [-0.39, 0.29) is 16.8 Å². The monoisotopic (exact) mass is 295 g/mol. The first kappa shape index (κ1) is 16.9. The van der Waals surface area contributed by atoms with Crippen molar-refractivity contribution in [3.05, 3.63) is 33.9 Å². The van der Waals surface area contributed by atoms with E-state index in [2.05, 4.69) is 10.1 Å². The van der Waals surface area contributed by atoms with Crippen molar-refractivity contribution in [1.29, 1.82) is 0 Å². The Morgan fingerprint density at radius 1 is 1.43 bits per heavy atom. The van der Waals surface area contributed by atoms with Crippen molar-refractivity contribution < 1.29 is 14.5 Å². The third-order valence-corrected chi connectivity index (χ3v) is 3.54. The van der Waals surface area contributed by atoms with E-state index in [1.807, 2.05) is 32.8 Å². The van der Waals surface area contributed by atoms with Gasteiger partial charge in [0.15, 0.2) is 0 Å². The molecule has 0 aliphatic rings. The lowest BCUT2D eigenvalue weighted by atomic mass is 10.0. The first-order chi connectivity index (χ1) is 9.69. The molecule has 0 saturated carbocycles. The molecule has 1 aromatic rings. The Bertz CT molecular complexity index is 541. The summed E-state index contributed by atoms with van der Waals surface area (Å²) >= 11 is 0. The second kappa shape index (κ2) is 6.53. The number of benzene rings is 1. The highest BCUT2D eigenvalue weighted by atomic mass is 16.6. The average Bonchev–Trinajstić information content (AvgIpc) is 2.43. The minimum absolute atomic E-state index is 0.0720. The van der Waals surface area contributed by atoms with Crippen molar-refractivity contribution in [2.24, 2.45) is 0 Å². The van der Waals surface area contributed by atoms with Crippen molar-refractivity contribution in [1.82, 2.24) is 4.90 Å². The molecule has 0 atom stereocenters. The van der Waals surface area contributed by atoms with Crippen LogP contribution >= 0.6 is 0 Å². The number of methoxy groups -OCH3 is 1. The zero-order chi connectivity index (χ0) is 16.2. The normalized spacial score (nSPS) is 11.3. The molecule has 0 saturated heterocycles. The number of esters is 1. The Hall–Kier alpha value is -2.15. The van der Waals surface area contributed by atoms with Crippen molar-refractivity contribution in [3.8, 4) is 0 Å². The number of carbonyl (C=O) groups is 1. The van der Waals surface area contributed by atoms with Gasteiger partial charge in [-0.3, -0.25) is 10.1 Å². The molecule has 0 radical (unpaired) electrons. The molecule has 21 heavy (non-hydrogen) atoms. The van der Waals surface area contributed by atoms with E-state index in [0.717, 1.165) is 0 Å². The molecule has 7 heteroatoms. The number of anilines is 1. The van der Waals surface area contributed by atoms with Crippen LogP contribution in [0, 0.1) is 10.1 Å². The van der Waals surface area contributed by atoms with Gasteiger partial charge in [0.05, 0.1) is 17.6 Å². The van der Waals surface area contributed by atoms with Crippen molar-refractivity contribution in [2.75, 3.05) is 33.1 Å². The Kier molecular flexibility index (Phi) is 5.26. The predicted molar refractivity (Wildman–Crippen MR) is 80.7 cm³/mol. The van der Waals surface area contributed by atoms with Gasteiger partial charge in [-0.1, -0.05) is 0 Å². The topological polar surface area (TPSA) is 84.7 Å². The largest absolute Gasteiger partial charge is 0.465 e. The Morgan fingerprint density at radius 3 is 2.52 bits per heavy atom. The van der Waals surface area contributed by atoms with Gasteiger partial charge < -0.3 is 15.0 Å². The minimum Gasteiger partial charge on any atom is -0.465 e. The number of ether oxygens (including phenoxy) is 1. The summed E-state index contributed by atoms with van der Waals surface area (Å²) in [4.78, 5) is 24.1. The maximum Gasteiger partial charge on any atom is 0.337 e. The Morgan fingerprint density at radius 2 is 2.05 bits per heavy atom. The summed E-state index contributed by atoms with van der Waals surface area (Å²) in [5.74, 6) is -0.528. The van der Waals surface area contributed by atoms with Crippen LogP contribution in [0.1, 0.15) is 24.2 Å². The number of hydrogen-bond acceptors (Lipinski definition) is 6. The number of likely N-dealkylation sites (N-methyl/N-ethyl adjacent to an activating group) is 1. The van der Waals surface area contributed by atoms with Crippen LogP contribution in [0.2, 0.25) is 0 Å². The molecule has 116 valence electrons. The zero-order valence-corrected chi connectivity index (χ0v) is 13.0. The van der Waals surface area contributed by atoms with Crippen molar-refractivity contribution >= 4 is 17.3 Å². The molecule has 0 aliphatic heterocycles.